The van der Waals surface area contributed by atoms with E-state index in [0.717, 1.165) is 40.2 Å². The number of hydrogen-bond acceptors (Lipinski definition) is 13. The van der Waals surface area contributed by atoms with Gasteiger partial charge in [0.05, 0.1) is 53.9 Å². The molecule has 0 bridgehead atoms. The maximum atomic E-state index is 13.6. The first-order valence-electron chi connectivity index (χ1n) is 21.5. The molecule has 5 aromatic rings. The third-order valence-corrected chi connectivity index (χ3v) is 9.95. The van der Waals surface area contributed by atoms with Crippen LogP contribution < -0.4 is 28.4 Å². The van der Waals surface area contributed by atoms with Gasteiger partial charge >= 0.3 is 5.97 Å². The molecule has 0 spiro atoms. The number of benzene rings is 4. The van der Waals surface area contributed by atoms with E-state index >= 15 is 0 Å². The largest absolute Gasteiger partial charge is 0.487 e. The van der Waals surface area contributed by atoms with E-state index in [1.165, 1.54) is 0 Å². The lowest BCUT2D eigenvalue weighted by Gasteiger charge is -2.27. The molecular formula is C50H62N2O10S. The van der Waals surface area contributed by atoms with Crippen molar-refractivity contribution in [3.05, 3.63) is 99.6 Å². The lowest BCUT2D eigenvalue weighted by atomic mass is 9.87. The highest BCUT2D eigenvalue weighted by molar-refractivity contribution is 7.00. The van der Waals surface area contributed by atoms with Crippen LogP contribution in [0, 0.1) is 13.8 Å². The summed E-state index contributed by atoms with van der Waals surface area (Å²) < 4.78 is 50.4. The molecule has 12 nitrogen and oxygen atoms in total. The van der Waals surface area contributed by atoms with Crippen molar-refractivity contribution in [2.24, 2.45) is 0 Å². The van der Waals surface area contributed by atoms with Crippen LogP contribution in [0.2, 0.25) is 0 Å². The number of aromatic nitrogens is 2. The number of ether oxygens (including phenoxy) is 7. The smallest absolute Gasteiger partial charge is 0.342 e. The highest BCUT2D eigenvalue weighted by atomic mass is 32.1. The third-order valence-electron chi connectivity index (χ3n) is 9.39. The summed E-state index contributed by atoms with van der Waals surface area (Å²) in [5.41, 5.74) is 6.47. The van der Waals surface area contributed by atoms with Gasteiger partial charge < -0.3 is 38.3 Å². The molecule has 1 aliphatic rings. The van der Waals surface area contributed by atoms with Crippen LogP contribution in [-0.2, 0) is 21.7 Å². The minimum Gasteiger partial charge on any atom is -0.487 e. The predicted molar refractivity (Wildman–Crippen MR) is 247 cm³/mol. The highest BCUT2D eigenvalue weighted by Crippen LogP contribution is 2.48. The van der Waals surface area contributed by atoms with Gasteiger partial charge in [-0.1, -0.05) is 18.2 Å². The second kappa shape index (κ2) is 20.7. The summed E-state index contributed by atoms with van der Waals surface area (Å²) in [5.74, 6) is 0.569. The van der Waals surface area contributed by atoms with Gasteiger partial charge in [-0.2, -0.15) is 8.75 Å². The fraction of sp³-hybridized carbons (Fsp3) is 0.440. The molecule has 0 saturated heterocycles. The van der Waals surface area contributed by atoms with E-state index in [-0.39, 0.29) is 48.6 Å². The van der Waals surface area contributed by atoms with Crippen LogP contribution in [0.1, 0.15) is 121 Å². The first-order valence-corrected chi connectivity index (χ1v) is 22.2. The first-order chi connectivity index (χ1) is 29.7. The second-order valence-corrected chi connectivity index (χ2v) is 17.7. The topological polar surface area (TPSA) is 145 Å². The van der Waals surface area contributed by atoms with Crippen LogP contribution in [0.3, 0.4) is 0 Å². The number of aryl methyl sites for hydroxylation is 2. The summed E-state index contributed by atoms with van der Waals surface area (Å²) in [6, 6.07) is 18.1. The summed E-state index contributed by atoms with van der Waals surface area (Å²) in [4.78, 5) is 24.7. The molecule has 4 aromatic carbocycles. The van der Waals surface area contributed by atoms with Gasteiger partial charge in [0.15, 0.2) is 23.0 Å². The molecule has 1 N–H and O–H groups in total. The molecule has 1 aliphatic heterocycles. The summed E-state index contributed by atoms with van der Waals surface area (Å²) in [7, 11) is 0. The van der Waals surface area contributed by atoms with Crippen molar-refractivity contribution in [1.82, 2.24) is 8.75 Å². The number of aldehydes is 1. The average molecular weight is 883 g/mol. The Morgan fingerprint density at radius 1 is 0.619 bits per heavy atom. The van der Waals surface area contributed by atoms with Crippen molar-refractivity contribution < 1.29 is 47.9 Å². The number of fused-ring (bicyclic) bond motifs is 1. The molecule has 63 heavy (non-hydrogen) atoms. The molecule has 1 aromatic heterocycles. The second-order valence-electron chi connectivity index (χ2n) is 17.2. The fourth-order valence-corrected chi connectivity index (χ4v) is 7.35. The van der Waals surface area contributed by atoms with Crippen molar-refractivity contribution in [2.45, 2.75) is 146 Å². The number of nitrogens with zero attached hydrogens (tertiary/aromatic N) is 2. The highest BCUT2D eigenvalue weighted by Gasteiger charge is 2.48. The Balaban J connectivity index is 0.000000314. The van der Waals surface area contributed by atoms with Gasteiger partial charge in [0.1, 0.15) is 17.3 Å². The summed E-state index contributed by atoms with van der Waals surface area (Å²) in [6.07, 6.45) is 0.526. The van der Waals surface area contributed by atoms with Crippen molar-refractivity contribution >= 4 is 40.6 Å². The quantitative estimate of drug-likeness (QED) is 0.0701. The maximum absolute atomic E-state index is 13.6. The number of carbonyl (C=O) groups is 2. The molecule has 0 saturated carbocycles. The van der Waals surface area contributed by atoms with E-state index < -0.39 is 11.8 Å². The Morgan fingerprint density at radius 2 is 1.10 bits per heavy atom. The summed E-state index contributed by atoms with van der Waals surface area (Å²) in [6.45, 7) is 27.2. The van der Waals surface area contributed by atoms with E-state index in [1.807, 2.05) is 139 Å². The van der Waals surface area contributed by atoms with E-state index in [4.69, 9.17) is 33.2 Å². The van der Waals surface area contributed by atoms with Crippen LogP contribution >= 0.6 is 11.7 Å². The molecule has 0 fully saturated rings. The molecule has 13 heteroatoms. The van der Waals surface area contributed by atoms with E-state index in [0.29, 0.717) is 62.3 Å². The fourth-order valence-electron chi connectivity index (χ4n) is 6.83. The minimum absolute atomic E-state index is 0.0129. The normalized spacial score (nSPS) is 15.1. The van der Waals surface area contributed by atoms with Crippen LogP contribution in [0.4, 0.5) is 0 Å². The van der Waals surface area contributed by atoms with Gasteiger partial charge in [0.2, 0.25) is 11.5 Å². The van der Waals surface area contributed by atoms with Crippen LogP contribution in [0.25, 0.3) is 16.6 Å². The Labute approximate surface area is 375 Å². The van der Waals surface area contributed by atoms with Gasteiger partial charge in [-0.05, 0) is 162 Å². The zero-order chi connectivity index (χ0) is 46.3. The van der Waals surface area contributed by atoms with Crippen LogP contribution in [0.15, 0.2) is 66.2 Å². The summed E-state index contributed by atoms with van der Waals surface area (Å²) in [5, 5.41) is 12.3. The van der Waals surface area contributed by atoms with Crippen molar-refractivity contribution in [3.63, 3.8) is 0 Å². The molecular weight excluding hydrogens is 821 g/mol. The zero-order valence-electron chi connectivity index (χ0n) is 38.9. The van der Waals surface area contributed by atoms with Crippen molar-refractivity contribution in [3.8, 4) is 34.5 Å². The molecule has 1 atom stereocenters. The Bertz CT molecular complexity index is 2370. The zero-order valence-corrected chi connectivity index (χ0v) is 39.8. The van der Waals surface area contributed by atoms with E-state index in [1.54, 1.807) is 18.2 Å². The first kappa shape index (κ1) is 48.4. The lowest BCUT2D eigenvalue weighted by molar-refractivity contribution is -0.185. The van der Waals surface area contributed by atoms with Crippen LogP contribution in [-0.4, -0.2) is 62.7 Å². The van der Waals surface area contributed by atoms with E-state index in [9.17, 15) is 14.7 Å². The minimum atomic E-state index is -1.99. The number of rotatable bonds is 17. The van der Waals surface area contributed by atoms with Gasteiger partial charge in [-0.15, -0.1) is 0 Å². The Hall–Kier alpha value is -5.66. The van der Waals surface area contributed by atoms with Crippen molar-refractivity contribution in [2.75, 3.05) is 0 Å². The molecule has 0 amide bonds. The monoisotopic (exact) mass is 882 g/mol. The Morgan fingerprint density at radius 3 is 1.56 bits per heavy atom. The number of hydrogen-bond donors (Lipinski definition) is 1. The van der Waals surface area contributed by atoms with E-state index in [2.05, 4.69) is 8.75 Å². The Kier molecular flexibility index (Phi) is 15.9. The number of cyclic esters (lactones) is 1. The molecule has 1 unspecified atom stereocenters. The van der Waals surface area contributed by atoms with Gasteiger partial charge in [-0.3, -0.25) is 4.79 Å². The summed E-state index contributed by atoms with van der Waals surface area (Å²) >= 11 is 1.10. The van der Waals surface area contributed by atoms with Crippen LogP contribution in [0.5, 0.6) is 34.5 Å². The molecule has 338 valence electrons. The SMILES string of the molecule is CC(C)Oc1cc(C=O)cc(OC(C)C)c1OC(C)C.Cc1ccc(C2(O)OC(=O)C(c3ccc4nsnc4c3)=C2Cc2cc(OC(C)C)c(OC(C)C)c(OC(C)C)c2)cc1C. The maximum Gasteiger partial charge on any atom is 0.342 e. The van der Waals surface area contributed by atoms with Gasteiger partial charge in [0.25, 0.3) is 5.79 Å². The molecule has 0 radical (unpaired) electrons. The molecule has 6 rings (SSSR count). The van der Waals surface area contributed by atoms with Gasteiger partial charge in [0, 0.05) is 23.1 Å². The number of carbonyl (C=O) groups excluding carboxylic acids is 2. The van der Waals surface area contributed by atoms with Crippen molar-refractivity contribution in [1.29, 1.82) is 0 Å². The standard InChI is InChI=1S/C34H38N2O6S.C16H24O4/c1-18(2)39-29-15-23(16-30(40-19(3)4)32(29)41-20(5)6)14-26-31(24-10-12-27-28(17-24)36-43-35-27)33(37)42-34(26,38)25-11-9-21(7)22(8)13-25;1-10(2)18-14-7-13(9-17)8-15(19-11(3)4)16(14)20-12(5)6/h9-13,15-20,38H,14H2,1-8H3;7-12H,1-6H3. The third kappa shape index (κ3) is 12.1. The van der Waals surface area contributed by atoms with Gasteiger partial charge in [-0.25, -0.2) is 4.79 Å². The number of esters is 1. The number of aliphatic hydroxyl groups is 1. The lowest BCUT2D eigenvalue weighted by Crippen LogP contribution is -2.30. The molecule has 0 aliphatic carbocycles. The predicted octanol–water partition coefficient (Wildman–Crippen LogP) is 10.9. The average Bonchev–Trinajstić information content (AvgIpc) is 3.75. The molecule has 2 heterocycles.